The van der Waals surface area contributed by atoms with Crippen molar-refractivity contribution < 1.29 is 8.42 Å². The van der Waals surface area contributed by atoms with Gasteiger partial charge in [-0.2, -0.15) is 0 Å². The molecule has 106 valence electrons. The fraction of sp³-hybridized carbons (Fsp3) is 0.267. The first-order chi connectivity index (χ1) is 9.38. The average molecular weight is 310 g/mol. The molecule has 1 atom stereocenters. The van der Waals surface area contributed by atoms with Crippen LogP contribution in [0.25, 0.3) is 0 Å². The van der Waals surface area contributed by atoms with Gasteiger partial charge < -0.3 is 0 Å². The van der Waals surface area contributed by atoms with Crippen LogP contribution < -0.4 is 0 Å². The van der Waals surface area contributed by atoms with Gasteiger partial charge in [-0.1, -0.05) is 29.8 Å². The fourth-order valence-corrected chi connectivity index (χ4v) is 3.56. The number of halogens is 1. The van der Waals surface area contributed by atoms with Crippen molar-refractivity contribution in [2.45, 2.75) is 24.9 Å². The van der Waals surface area contributed by atoms with Gasteiger partial charge in [-0.25, -0.2) is 8.42 Å². The van der Waals surface area contributed by atoms with Gasteiger partial charge in [0.05, 0.1) is 16.7 Å². The molecule has 2 rings (SSSR count). The summed E-state index contributed by atoms with van der Waals surface area (Å²) in [5, 5.41) is -0.0678. The predicted octanol–water partition coefficient (Wildman–Crippen LogP) is 3.72. The number of hydrogen-bond donors (Lipinski definition) is 0. The summed E-state index contributed by atoms with van der Waals surface area (Å²) in [6.07, 6.45) is 0. The molecule has 0 aliphatic rings. The van der Waals surface area contributed by atoms with Crippen molar-refractivity contribution >= 4 is 21.4 Å². The lowest BCUT2D eigenvalue weighted by Gasteiger charge is -2.13. The molecule has 3 nitrogen and oxygen atoms in total. The maximum atomic E-state index is 12.4. The minimum Gasteiger partial charge on any atom is -0.257 e. The molecule has 0 saturated carbocycles. The topological polar surface area (TPSA) is 47.0 Å². The molecule has 2 aromatic rings. The van der Waals surface area contributed by atoms with Crippen LogP contribution in [-0.2, 0) is 15.6 Å². The third-order valence-corrected chi connectivity index (χ3v) is 5.43. The molecule has 1 aromatic carbocycles. The Morgan fingerprint density at radius 3 is 2.55 bits per heavy atom. The molecule has 0 radical (unpaired) electrons. The molecule has 0 spiro atoms. The number of aromatic nitrogens is 1. The van der Waals surface area contributed by atoms with Gasteiger partial charge in [-0.15, -0.1) is 0 Å². The Morgan fingerprint density at radius 2 is 1.90 bits per heavy atom. The van der Waals surface area contributed by atoms with Crippen LogP contribution in [0.1, 0.15) is 29.1 Å². The summed E-state index contributed by atoms with van der Waals surface area (Å²) >= 11 is 5.91. The van der Waals surface area contributed by atoms with Crippen LogP contribution >= 0.6 is 11.6 Å². The number of benzene rings is 1. The quantitative estimate of drug-likeness (QED) is 0.864. The number of sulfone groups is 1. The van der Waals surface area contributed by atoms with Gasteiger partial charge in [-0.3, -0.25) is 4.98 Å². The number of aryl methyl sites for hydroxylation is 1. The molecule has 0 bridgehead atoms. The van der Waals surface area contributed by atoms with Gasteiger partial charge in [0.25, 0.3) is 0 Å². The van der Waals surface area contributed by atoms with E-state index >= 15 is 0 Å². The molecule has 1 heterocycles. The molecular weight excluding hydrogens is 294 g/mol. The van der Waals surface area contributed by atoms with E-state index in [1.807, 2.05) is 19.1 Å². The van der Waals surface area contributed by atoms with Crippen molar-refractivity contribution in [3.63, 3.8) is 0 Å². The van der Waals surface area contributed by atoms with Crippen LogP contribution in [-0.4, -0.2) is 13.4 Å². The smallest absolute Gasteiger partial charge is 0.162 e. The van der Waals surface area contributed by atoms with Gasteiger partial charge in [-0.05, 0) is 43.7 Å². The van der Waals surface area contributed by atoms with E-state index < -0.39 is 15.1 Å². The SMILES string of the molecule is Cc1cccc(CS(=O)(=O)C(C)c2cccc(Cl)c2)n1. The van der Waals surface area contributed by atoms with Gasteiger partial charge in [0.1, 0.15) is 0 Å². The van der Waals surface area contributed by atoms with Crippen molar-refractivity contribution in [1.29, 1.82) is 0 Å². The Kier molecular flexibility index (Phi) is 4.45. The molecule has 5 heteroatoms. The van der Waals surface area contributed by atoms with E-state index in [4.69, 9.17) is 11.6 Å². The Morgan fingerprint density at radius 1 is 1.20 bits per heavy atom. The highest BCUT2D eigenvalue weighted by molar-refractivity contribution is 7.90. The molecule has 1 unspecified atom stereocenters. The summed E-state index contributed by atoms with van der Waals surface area (Å²) in [5.41, 5.74) is 2.08. The Balaban J connectivity index is 2.26. The highest BCUT2D eigenvalue weighted by Gasteiger charge is 2.23. The van der Waals surface area contributed by atoms with E-state index in [-0.39, 0.29) is 5.75 Å². The first-order valence-electron chi connectivity index (χ1n) is 6.28. The van der Waals surface area contributed by atoms with Crippen LogP contribution in [0, 0.1) is 6.92 Å². The van der Waals surface area contributed by atoms with Crippen molar-refractivity contribution in [3.05, 3.63) is 64.4 Å². The van der Waals surface area contributed by atoms with Crippen LogP contribution in [0.4, 0.5) is 0 Å². The Bertz CT molecular complexity index is 713. The summed E-state index contributed by atoms with van der Waals surface area (Å²) < 4.78 is 24.9. The molecular formula is C15H16ClNO2S. The molecule has 0 saturated heterocycles. The zero-order valence-corrected chi connectivity index (χ0v) is 12.9. The van der Waals surface area contributed by atoms with Crippen LogP contribution in [0.3, 0.4) is 0 Å². The standard InChI is InChI=1S/C15H16ClNO2S/c1-11-5-3-8-15(17-11)10-20(18,19)12(2)13-6-4-7-14(16)9-13/h3-9,12H,10H2,1-2H3. The summed E-state index contributed by atoms with van der Waals surface area (Å²) in [4.78, 5) is 4.25. The highest BCUT2D eigenvalue weighted by Crippen LogP contribution is 2.26. The van der Waals surface area contributed by atoms with E-state index in [9.17, 15) is 8.42 Å². The van der Waals surface area contributed by atoms with E-state index in [1.54, 1.807) is 37.3 Å². The van der Waals surface area contributed by atoms with Gasteiger partial charge >= 0.3 is 0 Å². The normalized spacial score (nSPS) is 13.2. The van der Waals surface area contributed by atoms with Crippen LogP contribution in [0.15, 0.2) is 42.5 Å². The summed E-state index contributed by atoms with van der Waals surface area (Å²) in [5.74, 6) is -0.0671. The number of rotatable bonds is 4. The molecule has 0 aliphatic heterocycles. The lowest BCUT2D eigenvalue weighted by Crippen LogP contribution is -2.13. The molecule has 20 heavy (non-hydrogen) atoms. The van der Waals surface area contributed by atoms with Crippen LogP contribution in [0.5, 0.6) is 0 Å². The molecule has 0 fully saturated rings. The summed E-state index contributed by atoms with van der Waals surface area (Å²) in [6, 6.07) is 12.3. The second kappa shape index (κ2) is 5.94. The molecule has 0 amide bonds. The summed E-state index contributed by atoms with van der Waals surface area (Å²) in [6.45, 7) is 3.52. The Labute approximate surface area is 124 Å². The van der Waals surface area contributed by atoms with Gasteiger partial charge in [0.2, 0.25) is 0 Å². The number of pyridine rings is 1. The lowest BCUT2D eigenvalue weighted by atomic mass is 10.2. The molecule has 0 N–H and O–H groups in total. The zero-order valence-electron chi connectivity index (χ0n) is 11.4. The first-order valence-corrected chi connectivity index (χ1v) is 8.37. The third-order valence-electron chi connectivity index (χ3n) is 3.15. The number of nitrogens with zero attached hydrogens (tertiary/aromatic N) is 1. The second-order valence-electron chi connectivity index (χ2n) is 4.77. The minimum absolute atomic E-state index is 0.0671. The fourth-order valence-electron chi connectivity index (χ4n) is 1.98. The summed E-state index contributed by atoms with van der Waals surface area (Å²) in [7, 11) is -3.32. The molecule has 1 aromatic heterocycles. The largest absolute Gasteiger partial charge is 0.257 e. The maximum absolute atomic E-state index is 12.4. The first kappa shape index (κ1) is 15.0. The lowest BCUT2D eigenvalue weighted by molar-refractivity contribution is 0.584. The van der Waals surface area contributed by atoms with E-state index in [1.165, 1.54) is 0 Å². The molecule has 0 aliphatic carbocycles. The van der Waals surface area contributed by atoms with Crippen molar-refractivity contribution in [2.75, 3.05) is 0 Å². The van der Waals surface area contributed by atoms with Crippen molar-refractivity contribution in [3.8, 4) is 0 Å². The second-order valence-corrected chi connectivity index (χ2v) is 7.53. The third kappa shape index (κ3) is 3.58. The van der Waals surface area contributed by atoms with Gasteiger partial charge in [0.15, 0.2) is 9.84 Å². The van der Waals surface area contributed by atoms with Gasteiger partial charge in [0, 0.05) is 10.7 Å². The van der Waals surface area contributed by atoms with E-state index in [0.717, 1.165) is 5.69 Å². The zero-order chi connectivity index (χ0) is 14.8. The predicted molar refractivity (Wildman–Crippen MR) is 81.5 cm³/mol. The minimum atomic E-state index is -3.32. The van der Waals surface area contributed by atoms with Crippen molar-refractivity contribution in [2.24, 2.45) is 0 Å². The van der Waals surface area contributed by atoms with E-state index in [2.05, 4.69) is 4.98 Å². The van der Waals surface area contributed by atoms with Crippen LogP contribution in [0.2, 0.25) is 5.02 Å². The Hall–Kier alpha value is -1.39. The maximum Gasteiger partial charge on any atom is 0.162 e. The number of hydrogen-bond acceptors (Lipinski definition) is 3. The van der Waals surface area contributed by atoms with E-state index in [0.29, 0.717) is 16.3 Å². The van der Waals surface area contributed by atoms with Crippen molar-refractivity contribution in [1.82, 2.24) is 4.98 Å². The monoisotopic (exact) mass is 309 g/mol. The highest BCUT2D eigenvalue weighted by atomic mass is 35.5. The average Bonchev–Trinajstić information content (AvgIpc) is 2.37.